The maximum atomic E-state index is 11.8. The molecule has 1 unspecified atom stereocenters. The fourth-order valence-electron chi connectivity index (χ4n) is 2.01. The van der Waals surface area contributed by atoms with Crippen molar-refractivity contribution in [1.29, 1.82) is 0 Å². The van der Waals surface area contributed by atoms with Crippen LogP contribution >= 0.6 is 0 Å². The van der Waals surface area contributed by atoms with E-state index < -0.39 is 11.2 Å². The summed E-state index contributed by atoms with van der Waals surface area (Å²) in [6, 6.07) is 0.252. The summed E-state index contributed by atoms with van der Waals surface area (Å²) in [7, 11) is 2.91. The molecule has 0 amide bonds. The molecular weight excluding hydrogens is 236 g/mol. The second-order valence-electron chi connectivity index (χ2n) is 4.53. The topological polar surface area (TPSA) is 78.2 Å². The minimum Gasteiger partial charge on any atom is -0.471 e. The Morgan fingerprint density at radius 3 is 2.83 bits per heavy atom. The highest BCUT2D eigenvalue weighted by Gasteiger charge is 2.15. The molecule has 0 saturated carbocycles. The van der Waals surface area contributed by atoms with Crippen LogP contribution in [0.1, 0.15) is 19.3 Å². The lowest BCUT2D eigenvalue weighted by Gasteiger charge is -2.23. The van der Waals surface area contributed by atoms with Gasteiger partial charge in [-0.1, -0.05) is 6.42 Å². The van der Waals surface area contributed by atoms with E-state index in [9.17, 15) is 9.59 Å². The molecule has 7 heteroatoms. The maximum Gasteiger partial charge on any atom is 0.347 e. The molecule has 2 rings (SSSR count). The summed E-state index contributed by atoms with van der Waals surface area (Å²) >= 11 is 0. The van der Waals surface area contributed by atoms with Crippen molar-refractivity contribution in [2.45, 2.75) is 25.3 Å². The van der Waals surface area contributed by atoms with Gasteiger partial charge in [0.05, 0.1) is 0 Å². The molecule has 1 N–H and O–H groups in total. The molecule has 0 radical (unpaired) electrons. The monoisotopic (exact) mass is 254 g/mol. The van der Waals surface area contributed by atoms with E-state index in [-0.39, 0.29) is 11.9 Å². The molecule has 7 nitrogen and oxygen atoms in total. The van der Waals surface area contributed by atoms with Gasteiger partial charge in [-0.05, 0) is 19.4 Å². The Labute approximate surface area is 104 Å². The van der Waals surface area contributed by atoms with E-state index in [4.69, 9.17) is 4.74 Å². The van der Waals surface area contributed by atoms with Gasteiger partial charge in [0.1, 0.15) is 6.61 Å². The lowest BCUT2D eigenvalue weighted by atomic mass is 10.1. The predicted octanol–water partition coefficient (Wildman–Crippen LogP) is -1.00. The third-order valence-corrected chi connectivity index (χ3v) is 3.13. The quantitative estimate of drug-likeness (QED) is 0.748. The van der Waals surface area contributed by atoms with Crippen LogP contribution in [0.4, 0.5) is 0 Å². The van der Waals surface area contributed by atoms with Gasteiger partial charge in [0.25, 0.3) is 5.88 Å². The summed E-state index contributed by atoms with van der Waals surface area (Å²) in [6.45, 7) is 1.38. The van der Waals surface area contributed by atoms with Gasteiger partial charge >= 0.3 is 11.2 Å². The summed E-state index contributed by atoms with van der Waals surface area (Å²) in [6.07, 6.45) is 3.38. The van der Waals surface area contributed by atoms with Crippen LogP contribution in [0.3, 0.4) is 0 Å². The lowest BCUT2D eigenvalue weighted by molar-refractivity contribution is 0.222. The molecule has 0 aromatic carbocycles. The number of rotatable bonds is 3. The maximum absolute atomic E-state index is 11.8. The number of aromatic nitrogens is 3. The van der Waals surface area contributed by atoms with Gasteiger partial charge in [-0.15, -0.1) is 5.10 Å². The van der Waals surface area contributed by atoms with Gasteiger partial charge in [-0.3, -0.25) is 9.36 Å². The van der Waals surface area contributed by atoms with Crippen molar-refractivity contribution >= 4 is 0 Å². The van der Waals surface area contributed by atoms with Crippen molar-refractivity contribution in [3.8, 4) is 5.88 Å². The van der Waals surface area contributed by atoms with E-state index in [1.807, 2.05) is 0 Å². The average Bonchev–Trinajstić information content (AvgIpc) is 2.40. The normalized spacial score (nSPS) is 19.8. The molecule has 0 bridgehead atoms. The van der Waals surface area contributed by atoms with E-state index >= 15 is 0 Å². The minimum absolute atomic E-state index is 0.0213. The van der Waals surface area contributed by atoms with Crippen LogP contribution in [-0.4, -0.2) is 33.5 Å². The highest BCUT2D eigenvalue weighted by molar-refractivity contribution is 5.01. The van der Waals surface area contributed by atoms with Crippen molar-refractivity contribution in [3.05, 3.63) is 20.8 Å². The van der Waals surface area contributed by atoms with Crippen LogP contribution < -0.4 is 21.3 Å². The van der Waals surface area contributed by atoms with Crippen LogP contribution in [-0.2, 0) is 14.1 Å². The Balaban J connectivity index is 2.10. The van der Waals surface area contributed by atoms with Gasteiger partial charge < -0.3 is 10.1 Å². The molecule has 18 heavy (non-hydrogen) atoms. The molecule has 2 heterocycles. The van der Waals surface area contributed by atoms with Crippen molar-refractivity contribution in [3.63, 3.8) is 0 Å². The first-order chi connectivity index (χ1) is 8.59. The van der Waals surface area contributed by atoms with E-state index in [2.05, 4.69) is 10.4 Å². The summed E-state index contributed by atoms with van der Waals surface area (Å²) in [5, 5.41) is 7.16. The Hall–Kier alpha value is -1.63. The molecule has 1 saturated heterocycles. The number of nitrogens with one attached hydrogen (secondary N) is 1. The van der Waals surface area contributed by atoms with Crippen LogP contribution in [0.15, 0.2) is 9.59 Å². The second kappa shape index (κ2) is 5.34. The van der Waals surface area contributed by atoms with Crippen LogP contribution in [0.25, 0.3) is 0 Å². The fraction of sp³-hybridized carbons (Fsp3) is 0.727. The summed E-state index contributed by atoms with van der Waals surface area (Å²) in [5.74, 6) is -0.0213. The van der Waals surface area contributed by atoms with Gasteiger partial charge in [0, 0.05) is 20.1 Å². The SMILES string of the molecule is Cn1nc(OCC2CCCCN2)c(=O)n(C)c1=O. The second-order valence-corrected chi connectivity index (χ2v) is 4.53. The zero-order valence-electron chi connectivity index (χ0n) is 10.7. The smallest absolute Gasteiger partial charge is 0.347 e. The van der Waals surface area contributed by atoms with E-state index in [0.29, 0.717) is 6.61 Å². The summed E-state index contributed by atoms with van der Waals surface area (Å²) < 4.78 is 7.53. The number of nitrogens with zero attached hydrogens (tertiary/aromatic N) is 3. The van der Waals surface area contributed by atoms with Crippen molar-refractivity contribution < 1.29 is 4.74 Å². The Morgan fingerprint density at radius 2 is 2.17 bits per heavy atom. The first-order valence-electron chi connectivity index (χ1n) is 6.10. The van der Waals surface area contributed by atoms with E-state index in [0.717, 1.165) is 22.2 Å². The average molecular weight is 254 g/mol. The molecular formula is C11H18N4O3. The first kappa shape index (κ1) is 12.8. The number of aryl methyl sites for hydroxylation is 1. The fourth-order valence-corrected chi connectivity index (χ4v) is 2.01. The summed E-state index contributed by atoms with van der Waals surface area (Å²) in [5.41, 5.74) is -0.947. The number of piperidine rings is 1. The molecule has 1 aromatic rings. The zero-order valence-corrected chi connectivity index (χ0v) is 10.7. The van der Waals surface area contributed by atoms with Crippen molar-refractivity contribution in [2.75, 3.05) is 13.2 Å². The Bertz CT molecular complexity index is 528. The number of hydrogen-bond acceptors (Lipinski definition) is 5. The Kier molecular flexibility index (Phi) is 3.81. The first-order valence-corrected chi connectivity index (χ1v) is 6.10. The molecule has 100 valence electrons. The number of hydrogen-bond donors (Lipinski definition) is 1. The molecule has 1 aliphatic rings. The Morgan fingerprint density at radius 1 is 1.39 bits per heavy atom. The molecule has 0 spiro atoms. The molecule has 0 aliphatic carbocycles. The van der Waals surface area contributed by atoms with Crippen molar-refractivity contribution in [1.82, 2.24) is 19.7 Å². The minimum atomic E-state index is -0.492. The molecule has 1 atom stereocenters. The molecule has 1 aromatic heterocycles. The molecule has 1 fully saturated rings. The van der Waals surface area contributed by atoms with Crippen molar-refractivity contribution in [2.24, 2.45) is 14.1 Å². The predicted molar refractivity (Wildman–Crippen MR) is 65.9 cm³/mol. The third kappa shape index (κ3) is 2.61. The van der Waals surface area contributed by atoms with Gasteiger partial charge in [0.15, 0.2) is 0 Å². The zero-order chi connectivity index (χ0) is 13.1. The van der Waals surface area contributed by atoms with Gasteiger partial charge in [-0.2, -0.15) is 0 Å². The largest absolute Gasteiger partial charge is 0.471 e. The molecule has 1 aliphatic heterocycles. The standard InChI is InChI=1S/C11H18N4O3/c1-14-10(16)9(13-15(2)11(14)17)18-7-8-5-3-4-6-12-8/h8,12H,3-7H2,1-2H3. The van der Waals surface area contributed by atoms with E-state index in [1.165, 1.54) is 26.9 Å². The third-order valence-electron chi connectivity index (χ3n) is 3.13. The van der Waals surface area contributed by atoms with Crippen LogP contribution in [0, 0.1) is 0 Å². The summed E-state index contributed by atoms with van der Waals surface area (Å²) in [4.78, 5) is 23.2. The van der Waals surface area contributed by atoms with E-state index in [1.54, 1.807) is 0 Å². The highest BCUT2D eigenvalue weighted by Crippen LogP contribution is 2.07. The number of ether oxygens (including phenoxy) is 1. The highest BCUT2D eigenvalue weighted by atomic mass is 16.5. The van der Waals surface area contributed by atoms with Gasteiger partial charge in [0.2, 0.25) is 0 Å². The lowest BCUT2D eigenvalue weighted by Crippen LogP contribution is -2.42. The van der Waals surface area contributed by atoms with Crippen LogP contribution in [0.5, 0.6) is 5.88 Å². The van der Waals surface area contributed by atoms with Crippen LogP contribution in [0.2, 0.25) is 0 Å². The van der Waals surface area contributed by atoms with Gasteiger partial charge in [-0.25, -0.2) is 9.48 Å².